The average molecular weight is 297 g/mol. The van der Waals surface area contributed by atoms with Crippen LogP contribution in [0, 0.1) is 0 Å². The van der Waals surface area contributed by atoms with Gasteiger partial charge in [0.1, 0.15) is 17.4 Å². The highest BCUT2D eigenvalue weighted by molar-refractivity contribution is 7.80. The number of esters is 2. The Balaban J connectivity index is 2.65. The fourth-order valence-corrected chi connectivity index (χ4v) is 1.48. The molecule has 0 saturated heterocycles. The van der Waals surface area contributed by atoms with Gasteiger partial charge in [0.05, 0.1) is 4.99 Å². The van der Waals surface area contributed by atoms with Crippen LogP contribution in [0.4, 0.5) is 5.69 Å². The lowest BCUT2D eigenvalue weighted by molar-refractivity contribution is -0.139. The zero-order valence-electron chi connectivity index (χ0n) is 10.5. The van der Waals surface area contributed by atoms with Crippen LogP contribution in [0.3, 0.4) is 0 Å². The molecular weight excluding hydrogens is 282 g/mol. The molecular formula is C12H15N3O4S. The molecule has 108 valence electrons. The molecule has 0 heterocycles. The van der Waals surface area contributed by atoms with E-state index in [-0.39, 0.29) is 34.8 Å². The third kappa shape index (κ3) is 4.48. The van der Waals surface area contributed by atoms with Gasteiger partial charge >= 0.3 is 11.9 Å². The standard InChI is InChI=1S/C12H15N3O4S/c13-6-1-2-7(9(16)5-6)11(17)19-12(18)8(14)3-4-10(15)20/h1-2,5,8,16H,3-4,13-14H2,(H2,15,20). The van der Waals surface area contributed by atoms with Crippen molar-refractivity contribution in [1.82, 2.24) is 0 Å². The lowest BCUT2D eigenvalue weighted by Crippen LogP contribution is -2.34. The van der Waals surface area contributed by atoms with E-state index in [1.807, 2.05) is 0 Å². The smallest absolute Gasteiger partial charge is 0.349 e. The van der Waals surface area contributed by atoms with Gasteiger partial charge in [0.2, 0.25) is 0 Å². The predicted octanol–water partition coefficient (Wildman–Crippen LogP) is 0.0514. The van der Waals surface area contributed by atoms with Crippen LogP contribution in [0.2, 0.25) is 0 Å². The first kappa shape index (κ1) is 15.9. The molecule has 1 unspecified atom stereocenters. The minimum absolute atomic E-state index is 0.172. The number of phenolic OH excluding ortho intramolecular Hbond substituents is 1. The summed E-state index contributed by atoms with van der Waals surface area (Å²) in [6.45, 7) is 0. The summed E-state index contributed by atoms with van der Waals surface area (Å²) in [7, 11) is 0. The van der Waals surface area contributed by atoms with Gasteiger partial charge in [-0.2, -0.15) is 0 Å². The lowest BCUT2D eigenvalue weighted by atomic mass is 10.1. The second-order valence-corrected chi connectivity index (χ2v) is 4.62. The summed E-state index contributed by atoms with van der Waals surface area (Å²) in [4.78, 5) is 23.5. The Bertz CT molecular complexity index is 548. The largest absolute Gasteiger partial charge is 0.507 e. The van der Waals surface area contributed by atoms with E-state index >= 15 is 0 Å². The van der Waals surface area contributed by atoms with Crippen LogP contribution >= 0.6 is 12.2 Å². The number of thiocarbonyl (C=S) groups is 1. The third-order valence-electron chi connectivity index (χ3n) is 2.44. The van der Waals surface area contributed by atoms with E-state index < -0.39 is 18.0 Å². The number of aromatic hydroxyl groups is 1. The molecule has 0 spiro atoms. The topological polar surface area (TPSA) is 142 Å². The maximum atomic E-state index is 11.7. The van der Waals surface area contributed by atoms with Crippen LogP contribution in [0.5, 0.6) is 5.75 Å². The number of benzene rings is 1. The van der Waals surface area contributed by atoms with Crippen molar-refractivity contribution in [1.29, 1.82) is 0 Å². The summed E-state index contributed by atoms with van der Waals surface area (Å²) in [5, 5.41) is 9.53. The van der Waals surface area contributed by atoms with E-state index in [9.17, 15) is 14.7 Å². The number of nitrogen functional groups attached to an aromatic ring is 1. The van der Waals surface area contributed by atoms with Crippen molar-refractivity contribution in [2.45, 2.75) is 18.9 Å². The van der Waals surface area contributed by atoms with Crippen LogP contribution in [0.1, 0.15) is 23.2 Å². The maximum Gasteiger partial charge on any atom is 0.349 e. The van der Waals surface area contributed by atoms with E-state index in [4.69, 9.17) is 17.2 Å². The van der Waals surface area contributed by atoms with Crippen molar-refractivity contribution < 1.29 is 19.4 Å². The van der Waals surface area contributed by atoms with E-state index in [1.165, 1.54) is 18.2 Å². The molecule has 7 nitrogen and oxygen atoms in total. The first-order valence-corrected chi connectivity index (χ1v) is 6.10. The van der Waals surface area contributed by atoms with Crippen molar-refractivity contribution >= 4 is 34.8 Å². The number of anilines is 1. The molecule has 0 aromatic heterocycles. The molecule has 0 bridgehead atoms. The van der Waals surface area contributed by atoms with Crippen LogP contribution in [-0.4, -0.2) is 28.1 Å². The fraction of sp³-hybridized carbons (Fsp3) is 0.250. The molecule has 0 saturated carbocycles. The number of nitrogens with two attached hydrogens (primary N) is 3. The Morgan fingerprint density at radius 3 is 2.60 bits per heavy atom. The van der Waals surface area contributed by atoms with Gasteiger partial charge in [-0.3, -0.25) is 0 Å². The van der Waals surface area contributed by atoms with Crippen LogP contribution in [-0.2, 0) is 9.53 Å². The van der Waals surface area contributed by atoms with E-state index in [0.717, 1.165) is 0 Å². The molecule has 0 aliphatic rings. The van der Waals surface area contributed by atoms with Gasteiger partial charge in [-0.15, -0.1) is 0 Å². The van der Waals surface area contributed by atoms with Crippen LogP contribution in [0.15, 0.2) is 18.2 Å². The Morgan fingerprint density at radius 2 is 2.05 bits per heavy atom. The van der Waals surface area contributed by atoms with Gasteiger partial charge in [0.15, 0.2) is 0 Å². The molecule has 1 aromatic rings. The van der Waals surface area contributed by atoms with Crippen molar-refractivity contribution in [3.63, 3.8) is 0 Å². The van der Waals surface area contributed by atoms with Gasteiger partial charge in [-0.25, -0.2) is 9.59 Å². The lowest BCUT2D eigenvalue weighted by Gasteiger charge is -2.10. The summed E-state index contributed by atoms with van der Waals surface area (Å²) in [6.07, 6.45) is 0.447. The Morgan fingerprint density at radius 1 is 1.40 bits per heavy atom. The third-order valence-corrected chi connectivity index (χ3v) is 2.64. The fourth-order valence-electron chi connectivity index (χ4n) is 1.36. The molecule has 7 N–H and O–H groups in total. The molecule has 0 fully saturated rings. The molecule has 1 aromatic carbocycles. The minimum atomic E-state index is -1.02. The van der Waals surface area contributed by atoms with Gasteiger partial charge in [-0.05, 0) is 25.0 Å². The van der Waals surface area contributed by atoms with Crippen molar-refractivity contribution in [3.8, 4) is 5.75 Å². The van der Waals surface area contributed by atoms with Gasteiger partial charge in [-0.1, -0.05) is 12.2 Å². The first-order chi connectivity index (χ1) is 9.31. The highest BCUT2D eigenvalue weighted by Crippen LogP contribution is 2.21. The van der Waals surface area contributed by atoms with Gasteiger partial charge in [0.25, 0.3) is 0 Å². The van der Waals surface area contributed by atoms with Crippen molar-refractivity contribution in [2.24, 2.45) is 11.5 Å². The summed E-state index contributed by atoms with van der Waals surface area (Å²) in [6, 6.07) is 2.80. The molecule has 1 rings (SSSR count). The highest BCUT2D eigenvalue weighted by atomic mass is 32.1. The number of carbonyl (C=O) groups is 2. The Kier molecular flexibility index (Phi) is 5.42. The van der Waals surface area contributed by atoms with Gasteiger partial charge < -0.3 is 27.0 Å². The Labute approximate surface area is 120 Å². The minimum Gasteiger partial charge on any atom is -0.507 e. The Hall–Kier alpha value is -2.19. The molecule has 20 heavy (non-hydrogen) atoms. The van der Waals surface area contributed by atoms with Crippen LogP contribution in [0.25, 0.3) is 0 Å². The number of carbonyl (C=O) groups excluding carboxylic acids is 2. The maximum absolute atomic E-state index is 11.7. The number of ether oxygens (including phenoxy) is 1. The number of rotatable bonds is 5. The van der Waals surface area contributed by atoms with E-state index in [0.29, 0.717) is 0 Å². The average Bonchev–Trinajstić information content (AvgIpc) is 2.35. The van der Waals surface area contributed by atoms with Crippen LogP contribution < -0.4 is 17.2 Å². The van der Waals surface area contributed by atoms with Crippen molar-refractivity contribution in [2.75, 3.05) is 5.73 Å². The zero-order chi connectivity index (χ0) is 15.3. The van der Waals surface area contributed by atoms with E-state index in [1.54, 1.807) is 0 Å². The second kappa shape index (κ2) is 6.83. The number of hydrogen-bond donors (Lipinski definition) is 4. The second-order valence-electron chi connectivity index (χ2n) is 4.10. The molecule has 0 amide bonds. The normalized spacial score (nSPS) is 11.7. The number of phenols is 1. The molecule has 0 aliphatic heterocycles. The monoisotopic (exact) mass is 297 g/mol. The van der Waals surface area contributed by atoms with Gasteiger partial charge in [0, 0.05) is 11.8 Å². The molecule has 1 atom stereocenters. The quantitative estimate of drug-likeness (QED) is 0.258. The zero-order valence-corrected chi connectivity index (χ0v) is 11.4. The SMILES string of the molecule is NC(=S)CCC(N)C(=O)OC(=O)c1ccc(N)cc1O. The molecule has 0 aliphatic carbocycles. The predicted molar refractivity (Wildman–Crippen MR) is 76.9 cm³/mol. The van der Waals surface area contributed by atoms with Crippen molar-refractivity contribution in [3.05, 3.63) is 23.8 Å². The first-order valence-electron chi connectivity index (χ1n) is 5.69. The highest BCUT2D eigenvalue weighted by Gasteiger charge is 2.21. The number of hydrogen-bond acceptors (Lipinski definition) is 7. The summed E-state index contributed by atoms with van der Waals surface area (Å²) in [5.41, 5.74) is 16.3. The summed E-state index contributed by atoms with van der Waals surface area (Å²) in [5.74, 6) is -2.29. The van der Waals surface area contributed by atoms with E-state index in [2.05, 4.69) is 17.0 Å². The molecule has 0 radical (unpaired) electrons. The molecule has 8 heteroatoms. The summed E-state index contributed by atoms with van der Waals surface area (Å²) >= 11 is 4.65. The summed E-state index contributed by atoms with van der Waals surface area (Å²) < 4.78 is 4.56.